The number of ether oxygens (including phenoxy) is 2. The van der Waals surface area contributed by atoms with Gasteiger partial charge in [0.05, 0.1) is 25.5 Å². The van der Waals surface area contributed by atoms with Gasteiger partial charge >= 0.3 is 0 Å². The minimum Gasteiger partial charge on any atom is -0.497 e. The predicted octanol–water partition coefficient (Wildman–Crippen LogP) is 3.53. The van der Waals surface area contributed by atoms with Crippen molar-refractivity contribution in [1.29, 1.82) is 0 Å². The van der Waals surface area contributed by atoms with Crippen molar-refractivity contribution in [3.63, 3.8) is 0 Å². The molecule has 0 bridgehead atoms. The van der Waals surface area contributed by atoms with Crippen LogP contribution in [-0.4, -0.2) is 30.7 Å². The van der Waals surface area contributed by atoms with E-state index < -0.39 is 0 Å². The second kappa shape index (κ2) is 7.36. The maximum Gasteiger partial charge on any atom is 0.222 e. The molecule has 5 nitrogen and oxygen atoms in total. The molecule has 0 aliphatic rings. The monoisotopic (exact) mass is 325 g/mol. The third kappa shape index (κ3) is 3.08. The van der Waals surface area contributed by atoms with Crippen molar-refractivity contribution in [3.8, 4) is 22.9 Å². The molecule has 3 aromatic rings. The number of unbranched alkanes of at least 4 members (excludes halogenated alkanes) is 1. The lowest BCUT2D eigenvalue weighted by Crippen LogP contribution is -1.99. The molecule has 0 unspecified atom stereocenters. The number of rotatable bonds is 7. The van der Waals surface area contributed by atoms with Gasteiger partial charge in [0.15, 0.2) is 0 Å². The zero-order valence-corrected chi connectivity index (χ0v) is 14.1. The second-order valence-electron chi connectivity index (χ2n) is 5.70. The third-order valence-corrected chi connectivity index (χ3v) is 4.23. The van der Waals surface area contributed by atoms with E-state index in [0.29, 0.717) is 12.4 Å². The van der Waals surface area contributed by atoms with Crippen LogP contribution in [0, 0.1) is 0 Å². The van der Waals surface area contributed by atoms with Gasteiger partial charge in [0.2, 0.25) is 5.88 Å². The van der Waals surface area contributed by atoms with Crippen molar-refractivity contribution < 1.29 is 9.47 Å². The number of pyridine rings is 1. The van der Waals surface area contributed by atoms with Crippen molar-refractivity contribution in [3.05, 3.63) is 42.1 Å². The highest BCUT2D eigenvalue weighted by Gasteiger charge is 2.17. The summed E-state index contributed by atoms with van der Waals surface area (Å²) < 4.78 is 10.8. The molecule has 1 aromatic carbocycles. The molecule has 0 saturated heterocycles. The molecule has 0 atom stereocenters. The summed E-state index contributed by atoms with van der Waals surface area (Å²) in [5.41, 5.74) is 10.0. The maximum absolute atomic E-state index is 5.66. The van der Waals surface area contributed by atoms with Crippen LogP contribution in [0.4, 0.5) is 0 Å². The smallest absolute Gasteiger partial charge is 0.222 e. The molecular formula is C19H23N3O2. The minimum absolute atomic E-state index is 0.621. The highest BCUT2D eigenvalue weighted by molar-refractivity contribution is 5.92. The van der Waals surface area contributed by atoms with Crippen LogP contribution < -0.4 is 15.2 Å². The molecule has 0 saturated carbocycles. The number of H-pyrrole nitrogens is 1. The SMILES string of the molecule is COc1ccc2[nH]c(-c3cccnc3OC)c(CCCCN)c2c1. The van der Waals surface area contributed by atoms with E-state index in [4.69, 9.17) is 15.2 Å². The van der Waals surface area contributed by atoms with Gasteiger partial charge in [-0.3, -0.25) is 0 Å². The molecule has 3 rings (SSSR count). The summed E-state index contributed by atoms with van der Waals surface area (Å²) in [5, 5.41) is 1.17. The Morgan fingerprint density at radius 2 is 2.00 bits per heavy atom. The Hall–Kier alpha value is -2.53. The van der Waals surface area contributed by atoms with E-state index in [1.165, 1.54) is 10.9 Å². The predicted molar refractivity (Wildman–Crippen MR) is 96.6 cm³/mol. The molecule has 2 heterocycles. The summed E-state index contributed by atoms with van der Waals surface area (Å²) in [7, 11) is 3.33. The number of nitrogens with one attached hydrogen (secondary N) is 1. The Labute approximate surface area is 141 Å². The summed E-state index contributed by atoms with van der Waals surface area (Å²) >= 11 is 0. The van der Waals surface area contributed by atoms with Crippen LogP contribution in [0.5, 0.6) is 11.6 Å². The number of nitrogens with zero attached hydrogens (tertiary/aromatic N) is 1. The number of hydrogen-bond donors (Lipinski definition) is 2. The average molecular weight is 325 g/mol. The largest absolute Gasteiger partial charge is 0.497 e. The summed E-state index contributed by atoms with van der Waals surface area (Å²) in [5.74, 6) is 1.47. The maximum atomic E-state index is 5.66. The lowest BCUT2D eigenvalue weighted by Gasteiger charge is -2.09. The molecule has 0 fully saturated rings. The fraction of sp³-hybridized carbons (Fsp3) is 0.316. The van der Waals surface area contributed by atoms with E-state index in [0.717, 1.165) is 41.8 Å². The first-order valence-corrected chi connectivity index (χ1v) is 8.16. The van der Waals surface area contributed by atoms with Gasteiger partial charge in [0, 0.05) is 17.1 Å². The number of fused-ring (bicyclic) bond motifs is 1. The lowest BCUT2D eigenvalue weighted by molar-refractivity contribution is 0.399. The first-order valence-electron chi connectivity index (χ1n) is 8.16. The molecule has 0 aliphatic carbocycles. The first-order chi connectivity index (χ1) is 11.8. The summed E-state index contributed by atoms with van der Waals surface area (Å²) in [6, 6.07) is 10.0. The van der Waals surface area contributed by atoms with Gasteiger partial charge in [0.1, 0.15) is 5.75 Å². The Kier molecular flexibility index (Phi) is 5.01. The molecule has 0 aliphatic heterocycles. The second-order valence-corrected chi connectivity index (χ2v) is 5.70. The first kappa shape index (κ1) is 16.3. The average Bonchev–Trinajstić information content (AvgIpc) is 2.99. The zero-order valence-electron chi connectivity index (χ0n) is 14.1. The number of aryl methyl sites for hydroxylation is 1. The van der Waals surface area contributed by atoms with Crippen molar-refractivity contribution >= 4 is 10.9 Å². The number of benzene rings is 1. The van der Waals surface area contributed by atoms with Gasteiger partial charge in [-0.1, -0.05) is 0 Å². The fourth-order valence-corrected chi connectivity index (χ4v) is 3.03. The van der Waals surface area contributed by atoms with E-state index in [1.54, 1.807) is 20.4 Å². The molecule has 0 spiro atoms. The van der Waals surface area contributed by atoms with E-state index in [9.17, 15) is 0 Å². The summed E-state index contributed by atoms with van der Waals surface area (Å²) in [6.45, 7) is 0.706. The van der Waals surface area contributed by atoms with Crippen molar-refractivity contribution in [2.45, 2.75) is 19.3 Å². The number of nitrogens with two attached hydrogens (primary N) is 1. The molecule has 3 N–H and O–H groups in total. The van der Waals surface area contributed by atoms with Crippen LogP contribution in [-0.2, 0) is 6.42 Å². The van der Waals surface area contributed by atoms with Crippen LogP contribution in [0.25, 0.3) is 22.2 Å². The third-order valence-electron chi connectivity index (χ3n) is 4.23. The van der Waals surface area contributed by atoms with E-state index >= 15 is 0 Å². The molecule has 126 valence electrons. The Morgan fingerprint density at radius 1 is 1.12 bits per heavy atom. The van der Waals surface area contributed by atoms with Crippen molar-refractivity contribution in [2.24, 2.45) is 5.73 Å². The molecular weight excluding hydrogens is 302 g/mol. The Bertz CT molecular complexity index is 827. The quantitative estimate of drug-likeness (QED) is 0.652. The van der Waals surface area contributed by atoms with Gasteiger partial charge in [-0.15, -0.1) is 0 Å². The van der Waals surface area contributed by atoms with Crippen LogP contribution in [0.3, 0.4) is 0 Å². The number of aromatic nitrogens is 2. The molecule has 5 heteroatoms. The van der Waals surface area contributed by atoms with Crippen LogP contribution in [0.1, 0.15) is 18.4 Å². The number of hydrogen-bond acceptors (Lipinski definition) is 4. The number of aromatic amines is 1. The topological polar surface area (TPSA) is 73.2 Å². The van der Waals surface area contributed by atoms with Gasteiger partial charge in [-0.05, 0) is 61.7 Å². The Morgan fingerprint density at radius 3 is 2.75 bits per heavy atom. The van der Waals surface area contributed by atoms with Gasteiger partial charge < -0.3 is 20.2 Å². The molecule has 24 heavy (non-hydrogen) atoms. The van der Waals surface area contributed by atoms with Crippen molar-refractivity contribution in [2.75, 3.05) is 20.8 Å². The van der Waals surface area contributed by atoms with E-state index in [2.05, 4.69) is 16.0 Å². The van der Waals surface area contributed by atoms with Crippen molar-refractivity contribution in [1.82, 2.24) is 9.97 Å². The number of methoxy groups -OCH3 is 2. The highest BCUT2D eigenvalue weighted by Crippen LogP contribution is 2.36. The Balaban J connectivity index is 2.16. The van der Waals surface area contributed by atoms with Crippen LogP contribution in [0.15, 0.2) is 36.5 Å². The van der Waals surface area contributed by atoms with Gasteiger partial charge in [0.25, 0.3) is 0 Å². The highest BCUT2D eigenvalue weighted by atomic mass is 16.5. The molecule has 2 aromatic heterocycles. The molecule has 0 amide bonds. The molecule has 0 radical (unpaired) electrons. The lowest BCUT2D eigenvalue weighted by atomic mass is 10.0. The summed E-state index contributed by atoms with van der Waals surface area (Å²) in [6.07, 6.45) is 4.72. The van der Waals surface area contributed by atoms with Gasteiger partial charge in [-0.2, -0.15) is 0 Å². The standard InChI is InChI=1S/C19H23N3O2/c1-23-13-8-9-17-16(12-13)14(6-3-4-10-20)18(22-17)15-7-5-11-21-19(15)24-2/h5,7-9,11-12,22H,3-4,6,10,20H2,1-2H3. The zero-order chi connectivity index (χ0) is 16.9. The van der Waals surface area contributed by atoms with Crippen LogP contribution >= 0.6 is 0 Å². The van der Waals surface area contributed by atoms with Crippen LogP contribution in [0.2, 0.25) is 0 Å². The fourth-order valence-electron chi connectivity index (χ4n) is 3.03. The van der Waals surface area contributed by atoms with E-state index in [1.807, 2.05) is 24.3 Å². The normalized spacial score (nSPS) is 11.0. The van der Waals surface area contributed by atoms with E-state index in [-0.39, 0.29) is 0 Å². The minimum atomic E-state index is 0.621. The summed E-state index contributed by atoms with van der Waals surface area (Å²) in [4.78, 5) is 7.85. The van der Waals surface area contributed by atoms with Gasteiger partial charge in [-0.25, -0.2) is 4.98 Å².